The minimum absolute atomic E-state index is 0.0399. The van der Waals surface area contributed by atoms with Crippen LogP contribution < -0.4 is 10.6 Å². The fourth-order valence-electron chi connectivity index (χ4n) is 1.66. The summed E-state index contributed by atoms with van der Waals surface area (Å²) in [4.78, 5) is 34.0. The molecule has 1 aromatic rings. The van der Waals surface area contributed by atoms with Gasteiger partial charge in [-0.25, -0.2) is 13.6 Å². The number of hydrogen-bond acceptors (Lipinski definition) is 3. The third-order valence-corrected chi connectivity index (χ3v) is 3.32. The zero-order valence-corrected chi connectivity index (χ0v) is 13.5. The van der Waals surface area contributed by atoms with Crippen molar-refractivity contribution < 1.29 is 28.3 Å². The molecule has 1 aromatic carbocycles. The van der Waals surface area contributed by atoms with Crippen LogP contribution in [0.3, 0.4) is 0 Å². The Morgan fingerprint density at radius 2 is 1.78 bits per heavy atom. The third kappa shape index (κ3) is 7.18. The Hall–Kier alpha value is -2.03. The summed E-state index contributed by atoms with van der Waals surface area (Å²) in [6.07, 6.45) is -4.02. The Morgan fingerprint density at radius 1 is 1.17 bits per heavy atom. The number of halogens is 3. The molecular weight excluding hydrogens is 378 g/mol. The van der Waals surface area contributed by atoms with Gasteiger partial charge in [0.25, 0.3) is 5.91 Å². The van der Waals surface area contributed by atoms with E-state index in [1.54, 1.807) is 24.3 Å². The number of rotatable bonds is 8. The van der Waals surface area contributed by atoms with Crippen LogP contribution >= 0.6 is 15.9 Å². The Labute approximate surface area is 139 Å². The summed E-state index contributed by atoms with van der Waals surface area (Å²) in [7, 11) is 0. The van der Waals surface area contributed by atoms with Crippen LogP contribution in [0.1, 0.15) is 23.2 Å². The first-order chi connectivity index (χ1) is 10.8. The van der Waals surface area contributed by atoms with Gasteiger partial charge in [0.2, 0.25) is 12.3 Å². The second-order valence-electron chi connectivity index (χ2n) is 4.60. The number of carbonyl (C=O) groups excluding carboxylic acids is 2. The summed E-state index contributed by atoms with van der Waals surface area (Å²) < 4.78 is 25.2. The molecule has 0 heterocycles. The molecule has 0 radical (unpaired) electrons. The largest absolute Gasteiger partial charge is 0.480 e. The molecule has 9 heteroatoms. The minimum atomic E-state index is -2.84. The smallest absolute Gasteiger partial charge is 0.326 e. The molecule has 0 saturated carbocycles. The predicted octanol–water partition coefficient (Wildman–Crippen LogP) is 1.79. The van der Waals surface area contributed by atoms with Crippen LogP contribution in [0.2, 0.25) is 0 Å². The quantitative estimate of drug-likeness (QED) is 0.628. The summed E-state index contributed by atoms with van der Waals surface area (Å²) in [5.41, 5.74) is 0.398. The molecule has 6 nitrogen and oxygen atoms in total. The molecule has 23 heavy (non-hydrogen) atoms. The number of alkyl halides is 2. The van der Waals surface area contributed by atoms with Crippen molar-refractivity contribution in [1.82, 2.24) is 10.6 Å². The number of nitrogens with one attached hydrogen (secondary N) is 2. The van der Waals surface area contributed by atoms with Crippen molar-refractivity contribution in [2.75, 3.05) is 6.54 Å². The normalized spacial score (nSPS) is 11.8. The molecule has 0 saturated heterocycles. The molecule has 2 amide bonds. The van der Waals surface area contributed by atoms with E-state index in [4.69, 9.17) is 5.11 Å². The highest BCUT2D eigenvalue weighted by Gasteiger charge is 2.23. The molecule has 0 spiro atoms. The molecule has 126 valence electrons. The van der Waals surface area contributed by atoms with E-state index < -0.39 is 36.7 Å². The van der Waals surface area contributed by atoms with E-state index in [-0.39, 0.29) is 13.0 Å². The van der Waals surface area contributed by atoms with Gasteiger partial charge in [-0.15, -0.1) is 0 Å². The molecule has 3 N–H and O–H groups in total. The molecule has 0 aliphatic heterocycles. The molecule has 0 bridgehead atoms. The van der Waals surface area contributed by atoms with Crippen LogP contribution in [0.15, 0.2) is 28.7 Å². The first-order valence-electron chi connectivity index (χ1n) is 6.63. The SMILES string of the molecule is O=C(CCNC(=O)c1ccc(Br)cc1)NC(CC(F)F)C(=O)O. The number of hydrogen-bond donors (Lipinski definition) is 3. The Balaban J connectivity index is 2.39. The molecule has 0 aliphatic carbocycles. The maximum Gasteiger partial charge on any atom is 0.326 e. The zero-order valence-electron chi connectivity index (χ0n) is 11.9. The van der Waals surface area contributed by atoms with Crippen molar-refractivity contribution in [3.05, 3.63) is 34.3 Å². The Bertz CT molecular complexity index is 566. The van der Waals surface area contributed by atoms with E-state index in [0.29, 0.717) is 5.56 Å². The zero-order chi connectivity index (χ0) is 17.4. The molecule has 1 unspecified atom stereocenters. The van der Waals surface area contributed by atoms with E-state index >= 15 is 0 Å². The van der Waals surface area contributed by atoms with Gasteiger partial charge in [-0.2, -0.15) is 0 Å². The van der Waals surface area contributed by atoms with Crippen LogP contribution in [0.25, 0.3) is 0 Å². The first-order valence-corrected chi connectivity index (χ1v) is 7.43. The molecule has 1 atom stereocenters. The van der Waals surface area contributed by atoms with E-state index in [9.17, 15) is 23.2 Å². The lowest BCUT2D eigenvalue weighted by Crippen LogP contribution is -2.43. The van der Waals surface area contributed by atoms with Crippen LogP contribution in [0.5, 0.6) is 0 Å². The van der Waals surface area contributed by atoms with Crippen molar-refractivity contribution in [3.63, 3.8) is 0 Å². The van der Waals surface area contributed by atoms with Crippen LogP contribution in [0, 0.1) is 0 Å². The maximum absolute atomic E-state index is 12.2. The van der Waals surface area contributed by atoms with Gasteiger partial charge in [-0.05, 0) is 24.3 Å². The van der Waals surface area contributed by atoms with Gasteiger partial charge < -0.3 is 15.7 Å². The number of benzene rings is 1. The summed E-state index contributed by atoms with van der Waals surface area (Å²) in [6, 6.07) is 4.89. The topological polar surface area (TPSA) is 95.5 Å². The van der Waals surface area contributed by atoms with E-state index in [1.165, 1.54) is 0 Å². The lowest BCUT2D eigenvalue weighted by atomic mass is 10.2. The number of aliphatic carboxylic acids is 1. The van der Waals surface area contributed by atoms with Crippen LogP contribution in [-0.2, 0) is 9.59 Å². The lowest BCUT2D eigenvalue weighted by Gasteiger charge is -2.14. The van der Waals surface area contributed by atoms with Gasteiger partial charge in [-0.1, -0.05) is 15.9 Å². The molecule has 0 fully saturated rings. The van der Waals surface area contributed by atoms with Crippen LogP contribution in [0.4, 0.5) is 8.78 Å². The van der Waals surface area contributed by atoms with E-state index in [0.717, 1.165) is 4.47 Å². The van der Waals surface area contributed by atoms with Gasteiger partial charge in [0, 0.05) is 29.4 Å². The average molecular weight is 393 g/mol. The van der Waals surface area contributed by atoms with Gasteiger partial charge in [-0.3, -0.25) is 9.59 Å². The summed E-state index contributed by atoms with van der Waals surface area (Å²) in [6.45, 7) is -0.0399. The van der Waals surface area contributed by atoms with Crippen molar-refractivity contribution in [2.24, 2.45) is 0 Å². The highest BCUT2D eigenvalue weighted by molar-refractivity contribution is 9.10. The summed E-state index contributed by atoms with van der Waals surface area (Å²) >= 11 is 3.23. The summed E-state index contributed by atoms with van der Waals surface area (Å²) in [5, 5.41) is 13.2. The van der Waals surface area contributed by atoms with Crippen molar-refractivity contribution in [2.45, 2.75) is 25.3 Å². The second-order valence-corrected chi connectivity index (χ2v) is 5.51. The lowest BCUT2D eigenvalue weighted by molar-refractivity contribution is -0.143. The highest BCUT2D eigenvalue weighted by Crippen LogP contribution is 2.10. The number of carbonyl (C=O) groups is 3. The Morgan fingerprint density at radius 3 is 2.30 bits per heavy atom. The monoisotopic (exact) mass is 392 g/mol. The van der Waals surface area contributed by atoms with Gasteiger partial charge in [0.05, 0.1) is 0 Å². The molecular formula is C14H15BrF2N2O4. The van der Waals surface area contributed by atoms with Crippen molar-refractivity contribution in [3.8, 4) is 0 Å². The van der Waals surface area contributed by atoms with Crippen molar-refractivity contribution in [1.29, 1.82) is 0 Å². The molecule has 1 rings (SSSR count). The van der Waals surface area contributed by atoms with Crippen LogP contribution in [-0.4, -0.2) is 41.9 Å². The van der Waals surface area contributed by atoms with Gasteiger partial charge in [0.15, 0.2) is 0 Å². The minimum Gasteiger partial charge on any atom is -0.480 e. The fraction of sp³-hybridized carbons (Fsp3) is 0.357. The van der Waals surface area contributed by atoms with Gasteiger partial charge >= 0.3 is 5.97 Å². The van der Waals surface area contributed by atoms with E-state index in [2.05, 4.69) is 21.2 Å². The third-order valence-electron chi connectivity index (χ3n) is 2.79. The fourth-order valence-corrected chi connectivity index (χ4v) is 1.92. The molecule has 0 aromatic heterocycles. The first kappa shape index (κ1) is 19.0. The second kappa shape index (κ2) is 9.19. The number of amides is 2. The number of carboxylic acids is 1. The van der Waals surface area contributed by atoms with E-state index in [1.807, 2.05) is 5.32 Å². The predicted molar refractivity (Wildman–Crippen MR) is 81.3 cm³/mol. The van der Waals surface area contributed by atoms with Crippen molar-refractivity contribution >= 4 is 33.7 Å². The average Bonchev–Trinajstić information content (AvgIpc) is 2.46. The van der Waals surface area contributed by atoms with Gasteiger partial charge in [0.1, 0.15) is 6.04 Å². The highest BCUT2D eigenvalue weighted by atomic mass is 79.9. The standard InChI is InChI=1S/C14H15BrF2N2O4/c15-9-3-1-8(2-4-9)13(21)18-6-5-12(20)19-10(14(22)23)7-11(16)17/h1-4,10-11H,5-7H2,(H,18,21)(H,19,20)(H,22,23). The summed E-state index contributed by atoms with van der Waals surface area (Å²) in [5.74, 6) is -2.65. The number of carboxylic acid groups (broad SMARTS) is 1. The maximum atomic E-state index is 12.2. The molecule has 0 aliphatic rings. The Kier molecular flexibility index (Phi) is 7.60.